The van der Waals surface area contributed by atoms with Crippen molar-refractivity contribution in [3.8, 4) is 0 Å². The number of benzene rings is 1. The van der Waals surface area contributed by atoms with E-state index in [0.29, 0.717) is 31.9 Å². The van der Waals surface area contributed by atoms with Crippen LogP contribution in [0.2, 0.25) is 0 Å². The van der Waals surface area contributed by atoms with Crippen molar-refractivity contribution in [1.82, 2.24) is 15.1 Å². The molecule has 1 aromatic carbocycles. The van der Waals surface area contributed by atoms with E-state index in [0.717, 1.165) is 5.56 Å². The van der Waals surface area contributed by atoms with Crippen LogP contribution in [-0.2, 0) is 31.8 Å². The molecule has 0 aromatic heterocycles. The Kier molecular flexibility index (Phi) is 7.77. The van der Waals surface area contributed by atoms with Crippen LogP contribution in [0.5, 0.6) is 0 Å². The molecule has 0 bridgehead atoms. The highest BCUT2D eigenvalue weighted by Gasteiger charge is 2.25. The lowest BCUT2D eigenvalue weighted by atomic mass is 10.2. The topological polar surface area (TPSA) is 79.0 Å². The molecular formula is C18H26N3O4S+. The van der Waals surface area contributed by atoms with Crippen LogP contribution in [-0.4, -0.2) is 78.7 Å². The Hall–Kier alpha value is -2.22. The molecule has 0 saturated carbocycles. The Morgan fingerprint density at radius 3 is 2.27 bits per heavy atom. The molecule has 1 saturated heterocycles. The average molecular weight is 380 g/mol. The van der Waals surface area contributed by atoms with Gasteiger partial charge in [-0.1, -0.05) is 30.3 Å². The van der Waals surface area contributed by atoms with Crippen LogP contribution in [0, 0.1) is 0 Å². The molecule has 1 N–H and O–H groups in total. The first-order valence-corrected chi connectivity index (χ1v) is 10.7. The van der Waals surface area contributed by atoms with Crippen molar-refractivity contribution in [3.63, 3.8) is 0 Å². The Balaban J connectivity index is 1.68. The quantitative estimate of drug-likeness (QED) is 0.728. The van der Waals surface area contributed by atoms with Crippen LogP contribution >= 0.6 is 0 Å². The van der Waals surface area contributed by atoms with E-state index in [-0.39, 0.29) is 42.0 Å². The number of rotatable bonds is 6. The number of nitrogens with one attached hydrogen (secondary N) is 1. The monoisotopic (exact) mass is 380 g/mol. The molecule has 0 radical (unpaired) electrons. The van der Waals surface area contributed by atoms with Gasteiger partial charge in [0.25, 0.3) is 5.91 Å². The zero-order valence-corrected chi connectivity index (χ0v) is 16.1. The van der Waals surface area contributed by atoms with Gasteiger partial charge < -0.3 is 19.9 Å². The molecule has 1 fully saturated rings. The van der Waals surface area contributed by atoms with Crippen LogP contribution in [0.3, 0.4) is 0 Å². The molecule has 2 rings (SSSR count). The summed E-state index contributed by atoms with van der Waals surface area (Å²) in [6.07, 6.45) is 3.60. The van der Waals surface area contributed by atoms with Gasteiger partial charge in [-0.25, -0.2) is 4.79 Å². The van der Waals surface area contributed by atoms with Gasteiger partial charge in [0.15, 0.2) is 5.75 Å². The van der Waals surface area contributed by atoms with Crippen molar-refractivity contribution < 1.29 is 19.1 Å². The van der Waals surface area contributed by atoms with Gasteiger partial charge in [-0.3, -0.25) is 9.59 Å². The molecule has 0 spiro atoms. The summed E-state index contributed by atoms with van der Waals surface area (Å²) in [5.41, 5.74) is 0.937. The minimum Gasteiger partial charge on any atom is -0.445 e. The second-order valence-electron chi connectivity index (χ2n) is 6.31. The van der Waals surface area contributed by atoms with Gasteiger partial charge in [-0.05, 0) is 16.5 Å². The molecular weight excluding hydrogens is 354 g/mol. The number of carbonyl (C=O) groups excluding carboxylic acids is 3. The van der Waals surface area contributed by atoms with E-state index in [1.807, 2.05) is 42.8 Å². The first-order valence-electron chi connectivity index (χ1n) is 8.50. The molecule has 0 aliphatic carbocycles. The second kappa shape index (κ2) is 10.1. The van der Waals surface area contributed by atoms with Crippen LogP contribution in [0.1, 0.15) is 5.56 Å². The van der Waals surface area contributed by atoms with Crippen molar-refractivity contribution in [1.29, 1.82) is 0 Å². The summed E-state index contributed by atoms with van der Waals surface area (Å²) in [5.74, 6) is 0.214. The number of carbonyl (C=O) groups is 3. The summed E-state index contributed by atoms with van der Waals surface area (Å²) >= 11 is 0. The fourth-order valence-electron chi connectivity index (χ4n) is 2.55. The Bertz CT molecular complexity index is 616. The lowest BCUT2D eigenvalue weighted by Crippen LogP contribution is -2.52. The van der Waals surface area contributed by atoms with Crippen molar-refractivity contribution in [2.75, 3.05) is 51.0 Å². The molecule has 0 atom stereocenters. The fraction of sp³-hybridized carbons (Fsp3) is 0.500. The Labute approximate surface area is 157 Å². The number of amides is 3. The molecule has 1 aliphatic heterocycles. The van der Waals surface area contributed by atoms with E-state index in [1.54, 1.807) is 9.80 Å². The first-order chi connectivity index (χ1) is 12.5. The zero-order valence-electron chi connectivity index (χ0n) is 15.3. The largest absolute Gasteiger partial charge is 0.445 e. The van der Waals surface area contributed by atoms with Gasteiger partial charge in [0.05, 0.1) is 19.1 Å². The smallest absolute Gasteiger partial charge is 0.410 e. The maximum atomic E-state index is 12.2. The van der Waals surface area contributed by atoms with E-state index in [1.165, 1.54) is 0 Å². The second-order valence-corrected chi connectivity index (χ2v) is 8.57. The van der Waals surface area contributed by atoms with Gasteiger partial charge in [0, 0.05) is 26.2 Å². The Morgan fingerprint density at radius 2 is 1.65 bits per heavy atom. The van der Waals surface area contributed by atoms with Gasteiger partial charge in [-0.15, -0.1) is 0 Å². The average Bonchev–Trinajstić information content (AvgIpc) is 2.64. The van der Waals surface area contributed by atoms with Crippen molar-refractivity contribution in [2.24, 2.45) is 0 Å². The molecule has 142 valence electrons. The molecule has 8 heteroatoms. The third kappa shape index (κ3) is 6.59. The summed E-state index contributed by atoms with van der Waals surface area (Å²) in [5, 5.41) is 2.66. The summed E-state index contributed by atoms with van der Waals surface area (Å²) in [7, 11) is 0.0138. The predicted molar refractivity (Wildman–Crippen MR) is 102 cm³/mol. The normalized spacial score (nSPS) is 14.3. The fourth-order valence-corrected chi connectivity index (χ4v) is 3.17. The number of ether oxygens (including phenoxy) is 1. The highest BCUT2D eigenvalue weighted by molar-refractivity contribution is 7.96. The van der Waals surface area contributed by atoms with Crippen molar-refractivity contribution in [3.05, 3.63) is 35.9 Å². The van der Waals surface area contributed by atoms with Gasteiger partial charge in [0.2, 0.25) is 5.91 Å². The zero-order chi connectivity index (χ0) is 18.9. The van der Waals surface area contributed by atoms with Crippen LogP contribution in [0.15, 0.2) is 30.3 Å². The summed E-state index contributed by atoms with van der Waals surface area (Å²) in [6.45, 7) is 2.00. The van der Waals surface area contributed by atoms with E-state index < -0.39 is 0 Å². The van der Waals surface area contributed by atoms with E-state index in [9.17, 15) is 14.4 Å². The highest BCUT2D eigenvalue weighted by atomic mass is 32.2. The molecule has 1 aromatic rings. The van der Waals surface area contributed by atoms with E-state index >= 15 is 0 Å². The van der Waals surface area contributed by atoms with E-state index in [4.69, 9.17) is 4.74 Å². The van der Waals surface area contributed by atoms with Crippen LogP contribution < -0.4 is 5.32 Å². The molecule has 0 unspecified atom stereocenters. The molecule has 3 amide bonds. The number of piperazine rings is 1. The number of hydrogen-bond donors (Lipinski definition) is 1. The van der Waals surface area contributed by atoms with Gasteiger partial charge in [0.1, 0.15) is 6.61 Å². The third-order valence-electron chi connectivity index (χ3n) is 3.95. The lowest BCUT2D eigenvalue weighted by Gasteiger charge is -2.34. The number of hydrogen-bond acceptors (Lipinski definition) is 4. The maximum absolute atomic E-state index is 12.2. The van der Waals surface area contributed by atoms with Crippen LogP contribution in [0.4, 0.5) is 4.79 Å². The van der Waals surface area contributed by atoms with E-state index in [2.05, 4.69) is 5.32 Å². The number of nitrogens with zero attached hydrogens (tertiary/aromatic N) is 2. The summed E-state index contributed by atoms with van der Waals surface area (Å²) in [6, 6.07) is 9.50. The molecule has 7 nitrogen and oxygen atoms in total. The van der Waals surface area contributed by atoms with Crippen molar-refractivity contribution >= 4 is 28.8 Å². The van der Waals surface area contributed by atoms with Gasteiger partial charge >= 0.3 is 6.09 Å². The molecule has 26 heavy (non-hydrogen) atoms. The lowest BCUT2D eigenvalue weighted by molar-refractivity contribution is -0.133. The third-order valence-corrected chi connectivity index (χ3v) is 4.79. The summed E-state index contributed by atoms with van der Waals surface area (Å²) in [4.78, 5) is 39.2. The predicted octanol–water partition coefficient (Wildman–Crippen LogP) is 0.462. The highest BCUT2D eigenvalue weighted by Crippen LogP contribution is 2.07. The van der Waals surface area contributed by atoms with Crippen molar-refractivity contribution in [2.45, 2.75) is 6.61 Å². The Morgan fingerprint density at radius 1 is 1.04 bits per heavy atom. The maximum Gasteiger partial charge on any atom is 0.410 e. The first kappa shape index (κ1) is 20.1. The molecule has 1 aliphatic rings. The SMILES string of the molecule is C[S+](C)CC(=O)NCC(=O)N1CCN(C(=O)OCc2ccccc2)CC1. The van der Waals surface area contributed by atoms with Crippen LogP contribution in [0.25, 0.3) is 0 Å². The minimum atomic E-state index is -0.368. The standard InChI is InChI=1S/C18H25N3O4S/c1-26(2)14-16(22)19-12-17(23)20-8-10-21(11-9-20)18(24)25-13-15-6-4-3-5-7-15/h3-7H,8-14H2,1-2H3/p+1. The summed E-state index contributed by atoms with van der Waals surface area (Å²) < 4.78 is 5.31. The minimum absolute atomic E-state index is 0.00842. The molecule has 1 heterocycles. The van der Waals surface area contributed by atoms with Gasteiger partial charge in [-0.2, -0.15) is 0 Å².